The summed E-state index contributed by atoms with van der Waals surface area (Å²) >= 11 is 0. The molecule has 1 N–H and O–H groups in total. The number of rotatable bonds is 4. The first-order valence-corrected chi connectivity index (χ1v) is 8.36. The fraction of sp³-hybridized carbons (Fsp3) is 0.368. The molecule has 1 aromatic carbocycles. The minimum Gasteiger partial charge on any atom is -0.370 e. The van der Waals surface area contributed by atoms with Crippen molar-refractivity contribution in [3.63, 3.8) is 0 Å². The highest BCUT2D eigenvalue weighted by Gasteiger charge is 2.14. The quantitative estimate of drug-likeness (QED) is 0.932. The zero-order chi connectivity index (χ0) is 16.1. The van der Waals surface area contributed by atoms with Crippen molar-refractivity contribution in [3.8, 4) is 0 Å². The fourth-order valence-electron chi connectivity index (χ4n) is 2.90. The van der Waals surface area contributed by atoms with Crippen LogP contribution in [0.15, 0.2) is 42.7 Å². The van der Waals surface area contributed by atoms with Gasteiger partial charge in [0.25, 0.3) is 5.91 Å². The van der Waals surface area contributed by atoms with Crippen LogP contribution in [-0.2, 0) is 6.42 Å². The van der Waals surface area contributed by atoms with E-state index < -0.39 is 0 Å². The molecule has 1 aliphatic rings. The fourth-order valence-corrected chi connectivity index (χ4v) is 2.90. The Morgan fingerprint density at radius 3 is 2.57 bits per heavy atom. The summed E-state index contributed by atoms with van der Waals surface area (Å²) in [6, 6.07) is 9.90. The van der Waals surface area contributed by atoms with Gasteiger partial charge in [-0.15, -0.1) is 0 Å². The van der Waals surface area contributed by atoms with E-state index in [0.717, 1.165) is 30.9 Å². The lowest BCUT2D eigenvalue weighted by molar-refractivity contribution is 0.102. The molecule has 0 bridgehead atoms. The maximum atomic E-state index is 12.4. The number of aryl methyl sites for hydroxylation is 1. The van der Waals surface area contributed by atoms with E-state index in [1.54, 1.807) is 6.20 Å². The third-order valence-electron chi connectivity index (χ3n) is 4.33. The number of piperidine rings is 1. The third-order valence-corrected chi connectivity index (χ3v) is 4.33. The van der Waals surface area contributed by atoms with Crippen LogP contribution in [0, 0.1) is 0 Å². The van der Waals surface area contributed by atoms with Crippen LogP contribution in [0.25, 0.3) is 0 Å². The summed E-state index contributed by atoms with van der Waals surface area (Å²) in [6.07, 6.45) is 8.18. The first kappa shape index (κ1) is 15.5. The Balaban J connectivity index is 1.71. The largest absolute Gasteiger partial charge is 0.370 e. The smallest absolute Gasteiger partial charge is 0.257 e. The predicted octanol–water partition coefficient (Wildman–Crippen LogP) is 3.89. The van der Waals surface area contributed by atoms with Gasteiger partial charge in [-0.1, -0.05) is 19.1 Å². The standard InChI is InChI=1S/C19H23N3O/c1-2-15-6-8-17(9-7-15)21-19(23)16-12-18(14-20-13-16)22-10-4-3-5-11-22/h6-9,12-14H,2-5,10-11H2,1H3,(H,21,23). The van der Waals surface area contributed by atoms with E-state index in [1.807, 2.05) is 36.5 Å². The van der Waals surface area contributed by atoms with Crippen LogP contribution < -0.4 is 10.2 Å². The van der Waals surface area contributed by atoms with Gasteiger partial charge in [0.15, 0.2) is 0 Å². The van der Waals surface area contributed by atoms with Gasteiger partial charge in [0.1, 0.15) is 0 Å². The molecule has 0 atom stereocenters. The minimum absolute atomic E-state index is 0.111. The van der Waals surface area contributed by atoms with Crippen LogP contribution in [0.4, 0.5) is 11.4 Å². The molecular formula is C19H23N3O. The Hall–Kier alpha value is -2.36. The van der Waals surface area contributed by atoms with E-state index in [9.17, 15) is 4.79 Å². The normalized spacial score (nSPS) is 14.6. The highest BCUT2D eigenvalue weighted by atomic mass is 16.1. The average molecular weight is 309 g/mol. The van der Waals surface area contributed by atoms with Gasteiger partial charge < -0.3 is 10.2 Å². The Morgan fingerprint density at radius 2 is 1.87 bits per heavy atom. The number of anilines is 2. The number of nitrogens with one attached hydrogen (secondary N) is 1. The predicted molar refractivity (Wildman–Crippen MR) is 94.1 cm³/mol. The summed E-state index contributed by atoms with van der Waals surface area (Å²) in [4.78, 5) is 19.0. The lowest BCUT2D eigenvalue weighted by Gasteiger charge is -2.28. The molecule has 3 rings (SSSR count). The Bertz CT molecular complexity index is 661. The van der Waals surface area contributed by atoms with Crippen molar-refractivity contribution >= 4 is 17.3 Å². The van der Waals surface area contributed by atoms with E-state index in [0.29, 0.717) is 5.56 Å². The maximum Gasteiger partial charge on any atom is 0.257 e. The maximum absolute atomic E-state index is 12.4. The molecule has 4 heteroatoms. The van der Waals surface area contributed by atoms with Crippen LogP contribution in [0.2, 0.25) is 0 Å². The lowest BCUT2D eigenvalue weighted by atomic mass is 10.1. The zero-order valence-electron chi connectivity index (χ0n) is 13.6. The second-order valence-corrected chi connectivity index (χ2v) is 5.98. The van der Waals surface area contributed by atoms with Gasteiger partial charge in [0.05, 0.1) is 17.4 Å². The van der Waals surface area contributed by atoms with E-state index in [2.05, 4.69) is 22.1 Å². The molecule has 23 heavy (non-hydrogen) atoms. The van der Waals surface area contributed by atoms with E-state index >= 15 is 0 Å². The van der Waals surface area contributed by atoms with Crippen molar-refractivity contribution in [1.29, 1.82) is 0 Å². The molecule has 1 aliphatic heterocycles. The summed E-state index contributed by atoms with van der Waals surface area (Å²) in [5, 5.41) is 2.94. The molecule has 0 unspecified atom stereocenters. The Labute approximate surface area is 137 Å². The van der Waals surface area contributed by atoms with Crippen molar-refractivity contribution < 1.29 is 4.79 Å². The van der Waals surface area contributed by atoms with Crippen molar-refractivity contribution in [2.45, 2.75) is 32.6 Å². The molecule has 1 fully saturated rings. The Morgan fingerprint density at radius 1 is 1.13 bits per heavy atom. The summed E-state index contributed by atoms with van der Waals surface area (Å²) in [6.45, 7) is 4.21. The number of carbonyl (C=O) groups excluding carboxylic acids is 1. The number of hydrogen-bond acceptors (Lipinski definition) is 3. The molecule has 0 spiro atoms. The number of benzene rings is 1. The monoisotopic (exact) mass is 309 g/mol. The average Bonchev–Trinajstić information content (AvgIpc) is 2.63. The topological polar surface area (TPSA) is 45.2 Å². The minimum atomic E-state index is -0.111. The lowest BCUT2D eigenvalue weighted by Crippen LogP contribution is -2.29. The number of pyridine rings is 1. The van der Waals surface area contributed by atoms with Crippen molar-refractivity contribution in [1.82, 2.24) is 4.98 Å². The van der Waals surface area contributed by atoms with Gasteiger partial charge in [-0.05, 0) is 49.4 Å². The second kappa shape index (κ2) is 7.27. The molecule has 1 amide bonds. The highest BCUT2D eigenvalue weighted by Crippen LogP contribution is 2.20. The summed E-state index contributed by atoms with van der Waals surface area (Å²) in [7, 11) is 0. The van der Waals surface area contributed by atoms with Gasteiger partial charge in [-0.3, -0.25) is 9.78 Å². The second-order valence-electron chi connectivity index (χ2n) is 5.98. The van der Waals surface area contributed by atoms with Gasteiger partial charge in [0, 0.05) is 25.0 Å². The van der Waals surface area contributed by atoms with Crippen LogP contribution in [0.1, 0.15) is 42.1 Å². The number of carbonyl (C=O) groups is 1. The highest BCUT2D eigenvalue weighted by molar-refractivity contribution is 6.04. The molecular weight excluding hydrogens is 286 g/mol. The van der Waals surface area contributed by atoms with Crippen LogP contribution in [0.3, 0.4) is 0 Å². The summed E-state index contributed by atoms with van der Waals surface area (Å²) in [5.74, 6) is -0.111. The van der Waals surface area contributed by atoms with E-state index in [-0.39, 0.29) is 5.91 Å². The van der Waals surface area contributed by atoms with Crippen molar-refractivity contribution in [2.24, 2.45) is 0 Å². The van der Waals surface area contributed by atoms with Crippen LogP contribution >= 0.6 is 0 Å². The molecule has 0 radical (unpaired) electrons. The molecule has 2 aromatic rings. The van der Waals surface area contributed by atoms with Crippen molar-refractivity contribution in [2.75, 3.05) is 23.3 Å². The van der Waals surface area contributed by atoms with Gasteiger partial charge in [-0.2, -0.15) is 0 Å². The van der Waals surface area contributed by atoms with Crippen molar-refractivity contribution in [3.05, 3.63) is 53.9 Å². The molecule has 1 aromatic heterocycles. The first-order valence-electron chi connectivity index (χ1n) is 8.36. The van der Waals surface area contributed by atoms with E-state index in [1.165, 1.54) is 24.8 Å². The molecule has 0 saturated carbocycles. The number of nitrogens with zero attached hydrogens (tertiary/aromatic N) is 2. The van der Waals surface area contributed by atoms with Crippen LogP contribution in [-0.4, -0.2) is 24.0 Å². The van der Waals surface area contributed by atoms with E-state index in [4.69, 9.17) is 0 Å². The number of aromatic nitrogens is 1. The van der Waals surface area contributed by atoms with Gasteiger partial charge >= 0.3 is 0 Å². The summed E-state index contributed by atoms with van der Waals surface area (Å²) in [5.41, 5.74) is 3.72. The zero-order valence-corrected chi connectivity index (χ0v) is 13.6. The SMILES string of the molecule is CCc1ccc(NC(=O)c2cncc(N3CCCCC3)c2)cc1. The molecule has 1 saturated heterocycles. The number of amides is 1. The van der Waals surface area contributed by atoms with Crippen LogP contribution in [0.5, 0.6) is 0 Å². The van der Waals surface area contributed by atoms with Gasteiger partial charge in [-0.25, -0.2) is 0 Å². The van der Waals surface area contributed by atoms with Gasteiger partial charge in [0.2, 0.25) is 0 Å². The first-order chi connectivity index (χ1) is 11.3. The molecule has 4 nitrogen and oxygen atoms in total. The molecule has 120 valence electrons. The number of hydrogen-bond donors (Lipinski definition) is 1. The summed E-state index contributed by atoms with van der Waals surface area (Å²) < 4.78 is 0. The molecule has 0 aliphatic carbocycles. The molecule has 2 heterocycles. The Kier molecular flexibility index (Phi) is 4.91. The third kappa shape index (κ3) is 3.89.